The zero-order valence-corrected chi connectivity index (χ0v) is 19.1. The average Bonchev–Trinajstić information content (AvgIpc) is 2.84. The summed E-state index contributed by atoms with van der Waals surface area (Å²) >= 11 is 0. The summed E-state index contributed by atoms with van der Waals surface area (Å²) < 4.78 is 44.2. The highest BCUT2D eigenvalue weighted by Crippen LogP contribution is 2.31. The quantitative estimate of drug-likeness (QED) is 0.361. The van der Waals surface area contributed by atoms with Gasteiger partial charge in [0.2, 0.25) is 0 Å². The number of carbonyl (C=O) groups is 2. The number of aliphatic carboxylic acids is 1. The van der Waals surface area contributed by atoms with Crippen LogP contribution in [0.5, 0.6) is 5.75 Å². The predicted molar refractivity (Wildman–Crippen MR) is 126 cm³/mol. The van der Waals surface area contributed by atoms with Crippen LogP contribution in [0.15, 0.2) is 72.8 Å². The summed E-state index contributed by atoms with van der Waals surface area (Å²) in [4.78, 5) is 22.6. The average molecular weight is 486 g/mol. The Labute approximate surface area is 201 Å². The number of carbonyl (C=O) groups excluding carboxylic acids is 1. The Balaban J connectivity index is 1.57. The lowest BCUT2D eigenvalue weighted by molar-refractivity contribution is -0.138. The van der Waals surface area contributed by atoms with Gasteiger partial charge in [-0.2, -0.15) is 13.2 Å². The molecule has 3 rings (SSSR count). The molecule has 1 unspecified atom stereocenters. The Bertz CT molecular complexity index is 1130. The van der Waals surface area contributed by atoms with Crippen LogP contribution in [-0.4, -0.2) is 30.1 Å². The smallest absolute Gasteiger partial charge is 0.416 e. The van der Waals surface area contributed by atoms with Crippen molar-refractivity contribution in [3.8, 4) is 16.9 Å². The Hall–Kier alpha value is -3.81. The van der Waals surface area contributed by atoms with Crippen molar-refractivity contribution >= 4 is 11.9 Å². The number of hydrogen-bond donors (Lipinski definition) is 2. The molecule has 3 aromatic rings. The zero-order chi connectivity index (χ0) is 25.4. The third-order valence-electron chi connectivity index (χ3n) is 5.61. The van der Waals surface area contributed by atoms with E-state index in [1.807, 2.05) is 31.2 Å². The van der Waals surface area contributed by atoms with Crippen LogP contribution in [0, 0.1) is 0 Å². The van der Waals surface area contributed by atoms with E-state index in [1.165, 1.54) is 12.1 Å². The highest BCUT2D eigenvalue weighted by atomic mass is 19.4. The third kappa shape index (κ3) is 7.34. The zero-order valence-electron chi connectivity index (χ0n) is 19.1. The molecular formula is C27H26F3NO4. The van der Waals surface area contributed by atoms with Crippen molar-refractivity contribution in [2.75, 3.05) is 13.2 Å². The summed E-state index contributed by atoms with van der Waals surface area (Å²) in [5.74, 6) is -0.617. The molecule has 1 atom stereocenters. The van der Waals surface area contributed by atoms with Gasteiger partial charge in [-0.05, 0) is 59.5 Å². The largest absolute Gasteiger partial charge is 0.493 e. The van der Waals surface area contributed by atoms with Gasteiger partial charge < -0.3 is 15.2 Å². The molecule has 0 fully saturated rings. The Morgan fingerprint density at radius 2 is 1.49 bits per heavy atom. The van der Waals surface area contributed by atoms with Crippen LogP contribution in [0.4, 0.5) is 13.2 Å². The number of halogens is 3. The summed E-state index contributed by atoms with van der Waals surface area (Å²) in [5.41, 5.74) is 2.33. The Morgan fingerprint density at radius 1 is 0.914 bits per heavy atom. The molecule has 0 radical (unpaired) electrons. The van der Waals surface area contributed by atoms with Crippen molar-refractivity contribution in [1.29, 1.82) is 0 Å². The van der Waals surface area contributed by atoms with Gasteiger partial charge in [0.15, 0.2) is 0 Å². The van der Waals surface area contributed by atoms with Crippen LogP contribution in [0.2, 0.25) is 0 Å². The van der Waals surface area contributed by atoms with E-state index >= 15 is 0 Å². The molecule has 0 spiro atoms. The molecular weight excluding hydrogens is 459 g/mol. The number of alkyl halides is 3. The first-order valence-corrected chi connectivity index (χ1v) is 11.2. The molecule has 0 bridgehead atoms. The molecule has 0 aliphatic rings. The van der Waals surface area contributed by atoms with E-state index in [1.54, 1.807) is 24.3 Å². The summed E-state index contributed by atoms with van der Waals surface area (Å²) in [6, 6.07) is 19.4. The molecule has 35 heavy (non-hydrogen) atoms. The maximum atomic E-state index is 12.8. The van der Waals surface area contributed by atoms with E-state index in [2.05, 4.69) is 5.32 Å². The highest BCUT2D eigenvalue weighted by Gasteiger charge is 2.29. The van der Waals surface area contributed by atoms with E-state index in [-0.39, 0.29) is 24.8 Å². The van der Waals surface area contributed by atoms with Gasteiger partial charge in [-0.1, -0.05) is 43.3 Å². The van der Waals surface area contributed by atoms with Gasteiger partial charge in [-0.3, -0.25) is 9.59 Å². The van der Waals surface area contributed by atoms with Crippen molar-refractivity contribution in [3.05, 3.63) is 89.5 Å². The third-order valence-corrected chi connectivity index (χ3v) is 5.61. The number of amides is 1. The number of nitrogens with one attached hydrogen (secondary N) is 1. The topological polar surface area (TPSA) is 75.6 Å². The SMILES string of the molecule is CCC(COc1ccc(C(=O)NCCC(=O)O)cc1)c1ccc(-c2ccc(C(F)(F)F)cc2)cc1. The van der Waals surface area contributed by atoms with Crippen molar-refractivity contribution in [1.82, 2.24) is 5.32 Å². The van der Waals surface area contributed by atoms with Gasteiger partial charge >= 0.3 is 12.1 Å². The maximum absolute atomic E-state index is 12.8. The van der Waals surface area contributed by atoms with Gasteiger partial charge in [0, 0.05) is 18.0 Å². The van der Waals surface area contributed by atoms with Crippen LogP contribution in [0.3, 0.4) is 0 Å². The van der Waals surface area contributed by atoms with Gasteiger partial charge in [0.05, 0.1) is 18.6 Å². The minimum atomic E-state index is -4.36. The molecule has 0 heterocycles. The maximum Gasteiger partial charge on any atom is 0.416 e. The Kier molecular flexibility index (Phi) is 8.52. The number of carboxylic acids is 1. The molecule has 0 saturated heterocycles. The summed E-state index contributed by atoms with van der Waals surface area (Å²) in [5, 5.41) is 11.2. The lowest BCUT2D eigenvalue weighted by atomic mass is 9.94. The molecule has 0 aromatic heterocycles. The number of hydrogen-bond acceptors (Lipinski definition) is 3. The summed E-state index contributed by atoms with van der Waals surface area (Å²) in [6.07, 6.45) is -3.67. The van der Waals surface area contributed by atoms with Crippen LogP contribution in [0.1, 0.15) is 47.2 Å². The van der Waals surface area contributed by atoms with Crippen LogP contribution in [0.25, 0.3) is 11.1 Å². The molecule has 3 aromatic carbocycles. The molecule has 1 amide bonds. The summed E-state index contributed by atoms with van der Waals surface area (Å²) in [6.45, 7) is 2.52. The van der Waals surface area contributed by atoms with E-state index in [4.69, 9.17) is 9.84 Å². The highest BCUT2D eigenvalue weighted by molar-refractivity contribution is 5.94. The monoisotopic (exact) mass is 485 g/mol. The first kappa shape index (κ1) is 25.8. The van der Waals surface area contributed by atoms with Crippen molar-refractivity contribution in [2.45, 2.75) is 31.9 Å². The van der Waals surface area contributed by atoms with Crippen molar-refractivity contribution in [3.63, 3.8) is 0 Å². The van der Waals surface area contributed by atoms with E-state index < -0.39 is 17.7 Å². The molecule has 184 valence electrons. The van der Waals surface area contributed by atoms with Gasteiger partial charge in [-0.25, -0.2) is 0 Å². The molecule has 5 nitrogen and oxygen atoms in total. The van der Waals surface area contributed by atoms with Crippen LogP contribution in [-0.2, 0) is 11.0 Å². The van der Waals surface area contributed by atoms with Crippen LogP contribution < -0.4 is 10.1 Å². The van der Waals surface area contributed by atoms with Gasteiger partial charge in [-0.15, -0.1) is 0 Å². The predicted octanol–water partition coefficient (Wildman–Crippen LogP) is 6.15. The number of rotatable bonds is 10. The second-order valence-corrected chi connectivity index (χ2v) is 8.04. The second kappa shape index (κ2) is 11.6. The summed E-state index contributed by atoms with van der Waals surface area (Å²) in [7, 11) is 0. The minimum Gasteiger partial charge on any atom is -0.493 e. The van der Waals surface area contributed by atoms with Gasteiger partial charge in [0.25, 0.3) is 5.91 Å². The molecule has 8 heteroatoms. The number of ether oxygens (including phenoxy) is 1. The lowest BCUT2D eigenvalue weighted by Crippen LogP contribution is -2.25. The van der Waals surface area contributed by atoms with E-state index in [0.29, 0.717) is 23.5 Å². The fourth-order valence-corrected chi connectivity index (χ4v) is 3.53. The van der Waals surface area contributed by atoms with Gasteiger partial charge in [0.1, 0.15) is 5.75 Å². The first-order chi connectivity index (χ1) is 16.7. The second-order valence-electron chi connectivity index (χ2n) is 8.04. The number of benzene rings is 3. The van der Waals surface area contributed by atoms with Crippen molar-refractivity contribution in [2.24, 2.45) is 0 Å². The minimum absolute atomic E-state index is 0.0578. The van der Waals surface area contributed by atoms with E-state index in [0.717, 1.165) is 29.7 Å². The van der Waals surface area contributed by atoms with Crippen LogP contribution >= 0.6 is 0 Å². The molecule has 0 saturated carbocycles. The standard InChI is InChI=1S/C27H26F3NO4/c1-2-18(17-35-24-13-9-22(10-14-24)26(34)31-16-15-25(32)33)19-3-5-20(6-4-19)21-7-11-23(12-8-21)27(28,29)30/h3-14,18H,2,15-17H2,1H3,(H,31,34)(H,32,33). The number of carboxylic acid groups (broad SMARTS) is 1. The fourth-order valence-electron chi connectivity index (χ4n) is 3.53. The Morgan fingerprint density at radius 3 is 2.00 bits per heavy atom. The normalized spacial score (nSPS) is 12.1. The first-order valence-electron chi connectivity index (χ1n) is 11.2. The molecule has 2 N–H and O–H groups in total. The lowest BCUT2D eigenvalue weighted by Gasteiger charge is -2.17. The molecule has 0 aliphatic carbocycles. The fraction of sp³-hybridized carbons (Fsp3) is 0.259. The van der Waals surface area contributed by atoms with Crippen molar-refractivity contribution < 1.29 is 32.6 Å². The molecule has 0 aliphatic heterocycles. The van der Waals surface area contributed by atoms with E-state index in [9.17, 15) is 22.8 Å².